The van der Waals surface area contributed by atoms with Crippen molar-refractivity contribution in [1.29, 1.82) is 0 Å². The van der Waals surface area contributed by atoms with Crippen LogP contribution in [0.15, 0.2) is 11.4 Å². The van der Waals surface area contributed by atoms with Crippen molar-refractivity contribution >= 4 is 22.9 Å². The Balaban J connectivity index is 2.91. The third-order valence-corrected chi connectivity index (χ3v) is 3.55. The van der Waals surface area contributed by atoms with Gasteiger partial charge in [0.15, 0.2) is 6.17 Å². The van der Waals surface area contributed by atoms with Crippen molar-refractivity contribution in [1.82, 2.24) is 5.32 Å². The molecule has 1 aromatic rings. The first kappa shape index (κ1) is 11.0. The number of thiophene rings is 1. The van der Waals surface area contributed by atoms with Crippen molar-refractivity contribution in [2.45, 2.75) is 25.6 Å². The van der Waals surface area contributed by atoms with E-state index in [1.54, 1.807) is 18.5 Å². The Morgan fingerprint density at radius 1 is 1.62 bits per heavy atom. The highest BCUT2D eigenvalue weighted by atomic mass is 35.5. The molecule has 1 rings (SSSR count). The fraction of sp³-hybridized carbons (Fsp3) is 0.556. The van der Waals surface area contributed by atoms with Gasteiger partial charge in [0.05, 0.1) is 9.90 Å². The number of rotatable bonds is 3. The van der Waals surface area contributed by atoms with Gasteiger partial charge in [-0.25, -0.2) is 4.39 Å². The van der Waals surface area contributed by atoms with Gasteiger partial charge in [0.25, 0.3) is 0 Å². The van der Waals surface area contributed by atoms with E-state index >= 15 is 0 Å². The molecule has 1 atom stereocenters. The zero-order valence-corrected chi connectivity index (χ0v) is 9.47. The van der Waals surface area contributed by atoms with E-state index in [4.69, 9.17) is 11.6 Å². The maximum absolute atomic E-state index is 13.9. The van der Waals surface area contributed by atoms with Crippen molar-refractivity contribution in [3.63, 3.8) is 0 Å². The first-order valence-corrected chi connectivity index (χ1v) is 5.30. The van der Waals surface area contributed by atoms with Gasteiger partial charge in [-0.2, -0.15) is 0 Å². The van der Waals surface area contributed by atoms with Crippen LogP contribution in [0.3, 0.4) is 0 Å². The normalized spacial score (nSPS) is 14.5. The van der Waals surface area contributed by atoms with E-state index < -0.39 is 11.7 Å². The van der Waals surface area contributed by atoms with Crippen molar-refractivity contribution in [2.75, 3.05) is 7.05 Å². The first-order chi connectivity index (χ1) is 5.99. The number of hydrogen-bond acceptors (Lipinski definition) is 2. The molecule has 1 N–H and O–H groups in total. The molecular formula is C9H13ClFNS. The summed E-state index contributed by atoms with van der Waals surface area (Å²) in [6, 6.07) is 1.72. The Morgan fingerprint density at radius 3 is 2.62 bits per heavy atom. The summed E-state index contributed by atoms with van der Waals surface area (Å²) in [5, 5.41) is 5.25. The van der Waals surface area contributed by atoms with Crippen molar-refractivity contribution in [2.24, 2.45) is 0 Å². The molecule has 4 heteroatoms. The molecule has 0 aromatic carbocycles. The highest BCUT2D eigenvalue weighted by Crippen LogP contribution is 2.37. The summed E-state index contributed by atoms with van der Waals surface area (Å²) in [6.07, 6.45) is -1.06. The third-order valence-electron chi connectivity index (χ3n) is 2.15. The number of hydrogen-bond donors (Lipinski definition) is 1. The second-order valence-corrected chi connectivity index (χ2v) is 4.82. The van der Waals surface area contributed by atoms with Crippen molar-refractivity contribution < 1.29 is 4.39 Å². The number of likely N-dealkylation sites (N-methyl/N-ethyl adjacent to an activating group) is 1. The van der Waals surface area contributed by atoms with Gasteiger partial charge < -0.3 is 5.32 Å². The summed E-state index contributed by atoms with van der Waals surface area (Å²) in [5.41, 5.74) is -0.575. The maximum Gasteiger partial charge on any atom is 0.153 e. The van der Waals surface area contributed by atoms with Crippen LogP contribution in [0.25, 0.3) is 0 Å². The van der Waals surface area contributed by atoms with E-state index in [1.807, 2.05) is 13.8 Å². The zero-order chi connectivity index (χ0) is 10.1. The topological polar surface area (TPSA) is 12.0 Å². The highest BCUT2D eigenvalue weighted by Gasteiger charge is 2.31. The Bertz CT molecular complexity index is 285. The number of alkyl halides is 1. The van der Waals surface area contributed by atoms with Gasteiger partial charge in [0.1, 0.15) is 0 Å². The smallest absolute Gasteiger partial charge is 0.153 e. The van der Waals surface area contributed by atoms with Gasteiger partial charge in [-0.3, -0.25) is 0 Å². The molecule has 0 bridgehead atoms. The molecular weight excluding hydrogens is 209 g/mol. The fourth-order valence-corrected chi connectivity index (χ4v) is 2.25. The van der Waals surface area contributed by atoms with Gasteiger partial charge in [-0.1, -0.05) is 11.6 Å². The number of nitrogens with one attached hydrogen (secondary N) is 1. The standard InChI is InChI=1S/C9H13ClFNS/c1-9(2,12-3)8(11)7-6(10)4-5-13-7/h4-5,8,12H,1-3H3. The summed E-state index contributed by atoms with van der Waals surface area (Å²) in [6.45, 7) is 3.63. The van der Waals surface area contributed by atoms with E-state index in [2.05, 4.69) is 5.32 Å². The Kier molecular flexibility index (Phi) is 3.33. The van der Waals surface area contributed by atoms with Gasteiger partial charge >= 0.3 is 0 Å². The average molecular weight is 222 g/mol. The van der Waals surface area contributed by atoms with E-state index in [9.17, 15) is 4.39 Å². The maximum atomic E-state index is 13.9. The molecule has 0 radical (unpaired) electrons. The van der Waals surface area contributed by atoms with E-state index in [0.29, 0.717) is 9.90 Å². The molecule has 1 unspecified atom stereocenters. The van der Waals surface area contributed by atoms with Crippen molar-refractivity contribution in [3.8, 4) is 0 Å². The molecule has 0 aliphatic carbocycles. The van der Waals surface area contributed by atoms with Crippen LogP contribution in [0.5, 0.6) is 0 Å². The first-order valence-electron chi connectivity index (χ1n) is 4.05. The molecule has 0 aliphatic rings. The summed E-state index contributed by atoms with van der Waals surface area (Å²) in [4.78, 5) is 0.598. The quantitative estimate of drug-likeness (QED) is 0.825. The number of halogens is 2. The highest BCUT2D eigenvalue weighted by molar-refractivity contribution is 7.10. The van der Waals surface area contributed by atoms with E-state index in [1.165, 1.54) is 11.3 Å². The second-order valence-electron chi connectivity index (χ2n) is 3.47. The average Bonchev–Trinajstić information content (AvgIpc) is 2.50. The van der Waals surface area contributed by atoms with Crippen molar-refractivity contribution in [3.05, 3.63) is 21.3 Å². The monoisotopic (exact) mass is 221 g/mol. The summed E-state index contributed by atoms with van der Waals surface area (Å²) >= 11 is 7.19. The Hall–Kier alpha value is -0.120. The lowest BCUT2D eigenvalue weighted by molar-refractivity contribution is 0.195. The van der Waals surface area contributed by atoms with Crippen LogP contribution < -0.4 is 5.32 Å². The molecule has 1 aromatic heterocycles. The minimum absolute atomic E-state index is 0.515. The molecule has 0 amide bonds. The lowest BCUT2D eigenvalue weighted by Crippen LogP contribution is -2.40. The zero-order valence-electron chi connectivity index (χ0n) is 7.90. The van der Waals surface area contributed by atoms with Gasteiger partial charge in [0.2, 0.25) is 0 Å². The van der Waals surface area contributed by atoms with Crippen LogP contribution in [0.4, 0.5) is 4.39 Å². The molecule has 0 fully saturated rings. The van der Waals surface area contributed by atoms with Gasteiger partial charge in [-0.05, 0) is 32.3 Å². The fourth-order valence-electron chi connectivity index (χ4n) is 0.941. The molecule has 1 heterocycles. The lowest BCUT2D eigenvalue weighted by Gasteiger charge is -2.27. The van der Waals surface area contributed by atoms with Crippen LogP contribution in [0, 0.1) is 0 Å². The summed E-state index contributed by atoms with van der Waals surface area (Å²) < 4.78 is 13.9. The van der Waals surface area contributed by atoms with Crippen LogP contribution in [-0.4, -0.2) is 12.6 Å². The SMILES string of the molecule is CNC(C)(C)C(F)c1sccc1Cl. The molecule has 0 saturated heterocycles. The van der Waals surface area contributed by atoms with E-state index in [-0.39, 0.29) is 0 Å². The van der Waals surface area contributed by atoms with Gasteiger partial charge in [0, 0.05) is 5.54 Å². The molecule has 0 saturated carbocycles. The second kappa shape index (κ2) is 3.95. The predicted octanol–water partition coefficient (Wildman–Crippen LogP) is 3.41. The Morgan fingerprint density at radius 2 is 2.23 bits per heavy atom. The predicted molar refractivity (Wildman–Crippen MR) is 56.3 cm³/mol. The molecule has 0 spiro atoms. The third kappa shape index (κ3) is 2.22. The minimum atomic E-state index is -1.06. The molecule has 1 nitrogen and oxygen atoms in total. The van der Waals surface area contributed by atoms with Crippen LogP contribution in [0.1, 0.15) is 24.9 Å². The largest absolute Gasteiger partial charge is 0.312 e. The Labute approximate surface area is 86.9 Å². The van der Waals surface area contributed by atoms with Gasteiger partial charge in [-0.15, -0.1) is 11.3 Å². The summed E-state index contributed by atoms with van der Waals surface area (Å²) in [5.74, 6) is 0. The minimum Gasteiger partial charge on any atom is -0.312 e. The lowest BCUT2D eigenvalue weighted by atomic mass is 9.98. The summed E-state index contributed by atoms with van der Waals surface area (Å²) in [7, 11) is 1.74. The molecule has 74 valence electrons. The van der Waals surface area contributed by atoms with Crippen LogP contribution in [0.2, 0.25) is 5.02 Å². The van der Waals surface area contributed by atoms with E-state index in [0.717, 1.165) is 0 Å². The van der Waals surface area contributed by atoms with Crippen LogP contribution >= 0.6 is 22.9 Å². The molecule has 13 heavy (non-hydrogen) atoms. The van der Waals surface area contributed by atoms with Crippen LogP contribution in [-0.2, 0) is 0 Å². The molecule has 0 aliphatic heterocycles.